The van der Waals surface area contributed by atoms with Crippen LogP contribution in [0, 0.1) is 4.77 Å². The highest BCUT2D eigenvalue weighted by Crippen LogP contribution is 2.15. The highest BCUT2D eigenvalue weighted by Gasteiger charge is 2.17. The van der Waals surface area contributed by atoms with Crippen LogP contribution in [0.4, 0.5) is 5.69 Å². The summed E-state index contributed by atoms with van der Waals surface area (Å²) < 4.78 is 1.76. The number of para-hydroxylation sites is 1. The van der Waals surface area contributed by atoms with Gasteiger partial charge in [0.15, 0.2) is 4.77 Å². The van der Waals surface area contributed by atoms with Gasteiger partial charge in [-0.15, -0.1) is 6.58 Å². The number of piperazine rings is 1. The molecule has 0 bridgehead atoms. The lowest BCUT2D eigenvalue weighted by Gasteiger charge is -2.36. The fourth-order valence-electron chi connectivity index (χ4n) is 3.99. The van der Waals surface area contributed by atoms with Crippen molar-refractivity contribution in [2.75, 3.05) is 44.2 Å². The normalized spacial score (nSPS) is 14.4. The van der Waals surface area contributed by atoms with Gasteiger partial charge in [0.05, 0.1) is 10.9 Å². The van der Waals surface area contributed by atoms with E-state index in [1.807, 2.05) is 6.07 Å². The minimum absolute atomic E-state index is 0.163. The van der Waals surface area contributed by atoms with Gasteiger partial charge in [0.25, 0.3) is 11.5 Å². The summed E-state index contributed by atoms with van der Waals surface area (Å²) in [5.74, 6) is -0.163. The van der Waals surface area contributed by atoms with Crippen molar-refractivity contribution in [3.05, 3.63) is 81.9 Å². The van der Waals surface area contributed by atoms with E-state index in [2.05, 4.69) is 50.9 Å². The molecule has 4 rings (SSSR count). The van der Waals surface area contributed by atoms with Gasteiger partial charge in [0.2, 0.25) is 0 Å². The first-order chi connectivity index (χ1) is 15.6. The van der Waals surface area contributed by atoms with E-state index in [1.165, 1.54) is 10.3 Å². The maximum Gasteiger partial charge on any atom is 0.262 e. The molecule has 7 nitrogen and oxygen atoms in total. The predicted molar refractivity (Wildman–Crippen MR) is 131 cm³/mol. The number of benzene rings is 2. The summed E-state index contributed by atoms with van der Waals surface area (Å²) in [6.07, 6.45) is 1.63. The lowest BCUT2D eigenvalue weighted by Crippen LogP contribution is -2.48. The Bertz CT molecular complexity index is 1230. The molecular formula is C24H27N5O2S. The van der Waals surface area contributed by atoms with Gasteiger partial charge < -0.3 is 15.2 Å². The predicted octanol–water partition coefficient (Wildman–Crippen LogP) is 2.80. The molecule has 8 heteroatoms. The van der Waals surface area contributed by atoms with Gasteiger partial charge in [-0.25, -0.2) is 0 Å². The molecular weight excluding hydrogens is 422 g/mol. The molecule has 166 valence electrons. The van der Waals surface area contributed by atoms with Crippen molar-refractivity contribution >= 4 is 34.7 Å². The number of rotatable bonds is 7. The van der Waals surface area contributed by atoms with E-state index in [4.69, 9.17) is 12.2 Å². The summed E-state index contributed by atoms with van der Waals surface area (Å²) in [5, 5.41) is 3.48. The number of amides is 1. The molecule has 3 aromatic rings. The lowest BCUT2D eigenvalue weighted by atomic mass is 10.1. The van der Waals surface area contributed by atoms with Gasteiger partial charge in [-0.3, -0.25) is 19.1 Å². The van der Waals surface area contributed by atoms with Crippen LogP contribution in [0.1, 0.15) is 10.4 Å². The van der Waals surface area contributed by atoms with Gasteiger partial charge in [-0.1, -0.05) is 24.3 Å². The van der Waals surface area contributed by atoms with Crippen LogP contribution in [-0.2, 0) is 6.54 Å². The second-order valence-electron chi connectivity index (χ2n) is 7.82. The number of hydrogen-bond donors (Lipinski definition) is 2. The smallest absolute Gasteiger partial charge is 0.262 e. The van der Waals surface area contributed by atoms with Gasteiger partial charge >= 0.3 is 0 Å². The number of nitrogens with one attached hydrogen (secondary N) is 2. The molecule has 1 aliphatic heterocycles. The number of aromatic nitrogens is 2. The van der Waals surface area contributed by atoms with Crippen molar-refractivity contribution in [1.82, 2.24) is 19.8 Å². The number of carbonyl (C=O) groups excluding carboxylic acids is 1. The highest BCUT2D eigenvalue weighted by atomic mass is 32.1. The van der Waals surface area contributed by atoms with E-state index in [1.54, 1.807) is 24.3 Å². The van der Waals surface area contributed by atoms with E-state index in [9.17, 15) is 9.59 Å². The van der Waals surface area contributed by atoms with Crippen LogP contribution in [0.2, 0.25) is 0 Å². The number of aromatic amines is 1. The molecule has 2 heterocycles. The van der Waals surface area contributed by atoms with Crippen molar-refractivity contribution < 1.29 is 4.79 Å². The number of fused-ring (bicyclic) bond motifs is 1. The second-order valence-corrected chi connectivity index (χ2v) is 8.20. The van der Waals surface area contributed by atoms with Gasteiger partial charge in [0.1, 0.15) is 0 Å². The van der Waals surface area contributed by atoms with Crippen LogP contribution in [-0.4, -0.2) is 59.6 Å². The average Bonchev–Trinajstić information content (AvgIpc) is 2.82. The van der Waals surface area contributed by atoms with Crippen LogP contribution in [0.5, 0.6) is 0 Å². The second kappa shape index (κ2) is 9.93. The van der Waals surface area contributed by atoms with Crippen LogP contribution < -0.4 is 15.8 Å². The first-order valence-electron chi connectivity index (χ1n) is 10.7. The largest absolute Gasteiger partial charge is 0.369 e. The molecule has 32 heavy (non-hydrogen) atoms. The quantitative estimate of drug-likeness (QED) is 0.429. The molecule has 2 aromatic carbocycles. The van der Waals surface area contributed by atoms with Crippen molar-refractivity contribution in [1.29, 1.82) is 0 Å². The Kier molecular flexibility index (Phi) is 6.82. The zero-order valence-electron chi connectivity index (χ0n) is 17.9. The minimum Gasteiger partial charge on any atom is -0.369 e. The number of carbonyl (C=O) groups is 1. The maximum absolute atomic E-state index is 12.6. The van der Waals surface area contributed by atoms with Crippen LogP contribution in [0.25, 0.3) is 10.9 Å². The fourth-order valence-corrected chi connectivity index (χ4v) is 4.26. The standard InChI is InChI=1S/C24H27N5O2S/c1-2-11-29-23(31)20-9-8-18(17-21(20)26-24(29)32)22(30)25-10-12-27-13-15-28(16-14-27)19-6-4-3-5-7-19/h2-9,17H,1,10-16H2,(H,25,30)(H,26,32). The molecule has 0 aliphatic carbocycles. The SMILES string of the molecule is C=CCn1c(=S)[nH]c2cc(C(=O)NCCN3CCN(c4ccccc4)CC3)ccc2c1=O. The zero-order chi connectivity index (χ0) is 22.5. The van der Waals surface area contributed by atoms with Crippen molar-refractivity contribution in [2.45, 2.75) is 6.54 Å². The number of allylic oxidation sites excluding steroid dienone is 1. The van der Waals surface area contributed by atoms with Crippen molar-refractivity contribution in [2.24, 2.45) is 0 Å². The molecule has 1 aliphatic rings. The third-order valence-corrected chi connectivity index (χ3v) is 6.09. The highest BCUT2D eigenvalue weighted by molar-refractivity contribution is 7.71. The Balaban J connectivity index is 1.32. The Labute approximate surface area is 192 Å². The number of hydrogen-bond acceptors (Lipinski definition) is 5. The molecule has 0 saturated carbocycles. The summed E-state index contributed by atoms with van der Waals surface area (Å²) in [5.41, 5.74) is 2.13. The first-order valence-corrected chi connectivity index (χ1v) is 11.2. The first kappa shape index (κ1) is 22.0. The van der Waals surface area contributed by atoms with Gasteiger partial charge in [-0.2, -0.15) is 0 Å². The fraction of sp³-hybridized carbons (Fsp3) is 0.292. The Morgan fingerprint density at radius 3 is 2.59 bits per heavy atom. The lowest BCUT2D eigenvalue weighted by molar-refractivity contribution is 0.0948. The van der Waals surface area contributed by atoms with E-state index in [0.717, 1.165) is 32.7 Å². The third-order valence-electron chi connectivity index (χ3n) is 5.76. The molecule has 0 unspecified atom stereocenters. The maximum atomic E-state index is 12.6. The van der Waals surface area contributed by atoms with E-state index < -0.39 is 0 Å². The summed E-state index contributed by atoms with van der Waals surface area (Å²) in [7, 11) is 0. The Morgan fingerprint density at radius 1 is 1.12 bits per heavy atom. The summed E-state index contributed by atoms with van der Waals surface area (Å²) >= 11 is 5.27. The third kappa shape index (κ3) is 4.81. The number of H-pyrrole nitrogens is 1. The average molecular weight is 450 g/mol. The minimum atomic E-state index is -0.190. The Morgan fingerprint density at radius 2 is 1.88 bits per heavy atom. The zero-order valence-corrected chi connectivity index (χ0v) is 18.7. The molecule has 0 atom stereocenters. The van der Waals surface area contributed by atoms with E-state index >= 15 is 0 Å². The monoisotopic (exact) mass is 449 g/mol. The summed E-state index contributed by atoms with van der Waals surface area (Å²) in [6.45, 7) is 9.25. The van der Waals surface area contributed by atoms with Crippen LogP contribution in [0.3, 0.4) is 0 Å². The number of nitrogens with zero attached hydrogens (tertiary/aromatic N) is 3. The van der Waals surface area contributed by atoms with Crippen LogP contribution >= 0.6 is 12.2 Å². The molecule has 1 amide bonds. The molecule has 1 saturated heterocycles. The van der Waals surface area contributed by atoms with E-state index in [-0.39, 0.29) is 11.5 Å². The summed E-state index contributed by atoms with van der Waals surface area (Å²) in [6, 6.07) is 15.5. The summed E-state index contributed by atoms with van der Waals surface area (Å²) in [4.78, 5) is 33.0. The van der Waals surface area contributed by atoms with Gasteiger partial charge in [0, 0.05) is 57.1 Å². The number of anilines is 1. The molecule has 1 fully saturated rings. The topological polar surface area (TPSA) is 73.4 Å². The van der Waals surface area contributed by atoms with Crippen molar-refractivity contribution in [3.63, 3.8) is 0 Å². The molecule has 0 spiro atoms. The molecule has 0 radical (unpaired) electrons. The molecule has 1 aromatic heterocycles. The Hall–Kier alpha value is -3.23. The van der Waals surface area contributed by atoms with Crippen LogP contribution in [0.15, 0.2) is 66.0 Å². The molecule has 2 N–H and O–H groups in total. The van der Waals surface area contributed by atoms with E-state index in [0.29, 0.717) is 34.3 Å². The van der Waals surface area contributed by atoms with Gasteiger partial charge in [-0.05, 0) is 42.5 Å². The van der Waals surface area contributed by atoms with Crippen molar-refractivity contribution in [3.8, 4) is 0 Å².